The zero-order valence-corrected chi connectivity index (χ0v) is 15.4. The normalized spacial score (nSPS) is 15.1. The van der Waals surface area contributed by atoms with Crippen molar-refractivity contribution in [3.05, 3.63) is 113 Å². The predicted molar refractivity (Wildman–Crippen MR) is 110 cm³/mol. The second-order valence-electron chi connectivity index (χ2n) is 7.20. The minimum absolute atomic E-state index is 0.175. The SMILES string of the molecule is Fc1ccc(C2=C(Cc3ccccc3)CN(Cc3ccccc3)CC2)cc1. The first-order chi connectivity index (χ1) is 13.3. The van der Waals surface area contributed by atoms with Crippen molar-refractivity contribution in [2.45, 2.75) is 19.4 Å². The third-order valence-electron chi connectivity index (χ3n) is 5.22. The van der Waals surface area contributed by atoms with E-state index >= 15 is 0 Å². The van der Waals surface area contributed by atoms with Crippen LogP contribution in [0.15, 0.2) is 90.5 Å². The lowest BCUT2D eigenvalue weighted by atomic mass is 9.89. The van der Waals surface area contributed by atoms with E-state index in [-0.39, 0.29) is 5.82 Å². The molecule has 0 radical (unpaired) electrons. The largest absolute Gasteiger partial charge is 0.295 e. The molecule has 0 aliphatic carbocycles. The summed E-state index contributed by atoms with van der Waals surface area (Å²) in [6.45, 7) is 2.95. The molecule has 0 fully saturated rings. The molecular formula is C25H24FN. The van der Waals surface area contributed by atoms with Crippen molar-refractivity contribution in [1.82, 2.24) is 4.90 Å². The molecule has 0 N–H and O–H groups in total. The molecule has 2 heteroatoms. The Hall–Kier alpha value is -2.71. The van der Waals surface area contributed by atoms with Crippen LogP contribution >= 0.6 is 0 Å². The van der Waals surface area contributed by atoms with Gasteiger partial charge in [-0.2, -0.15) is 0 Å². The fourth-order valence-corrected chi connectivity index (χ4v) is 3.87. The highest BCUT2D eigenvalue weighted by molar-refractivity contribution is 5.70. The van der Waals surface area contributed by atoms with E-state index in [9.17, 15) is 4.39 Å². The molecule has 3 aromatic rings. The summed E-state index contributed by atoms with van der Waals surface area (Å²) in [6, 6.07) is 28.2. The molecule has 0 aromatic heterocycles. The van der Waals surface area contributed by atoms with Gasteiger partial charge in [0.1, 0.15) is 5.82 Å². The van der Waals surface area contributed by atoms with Gasteiger partial charge in [0.05, 0.1) is 0 Å². The van der Waals surface area contributed by atoms with E-state index < -0.39 is 0 Å². The van der Waals surface area contributed by atoms with Crippen molar-refractivity contribution in [2.24, 2.45) is 0 Å². The zero-order chi connectivity index (χ0) is 18.5. The van der Waals surface area contributed by atoms with Crippen molar-refractivity contribution in [3.63, 3.8) is 0 Å². The Morgan fingerprint density at radius 1 is 0.741 bits per heavy atom. The number of hydrogen-bond acceptors (Lipinski definition) is 1. The lowest BCUT2D eigenvalue weighted by Gasteiger charge is -2.31. The van der Waals surface area contributed by atoms with Crippen LogP contribution in [0.3, 0.4) is 0 Å². The summed E-state index contributed by atoms with van der Waals surface area (Å²) >= 11 is 0. The maximum absolute atomic E-state index is 13.4. The van der Waals surface area contributed by atoms with Gasteiger partial charge in [-0.1, -0.05) is 72.8 Å². The van der Waals surface area contributed by atoms with Gasteiger partial charge in [0.15, 0.2) is 0 Å². The molecule has 1 aliphatic heterocycles. The van der Waals surface area contributed by atoms with E-state index in [1.54, 1.807) is 12.1 Å². The summed E-state index contributed by atoms with van der Waals surface area (Å²) in [6.07, 6.45) is 1.94. The highest BCUT2D eigenvalue weighted by Gasteiger charge is 2.20. The van der Waals surface area contributed by atoms with Crippen LogP contribution in [0.1, 0.15) is 23.1 Å². The molecule has 1 aliphatic rings. The van der Waals surface area contributed by atoms with Crippen molar-refractivity contribution < 1.29 is 4.39 Å². The summed E-state index contributed by atoms with van der Waals surface area (Å²) in [5.74, 6) is -0.175. The van der Waals surface area contributed by atoms with Crippen LogP contribution in [0, 0.1) is 5.82 Å². The molecule has 136 valence electrons. The highest BCUT2D eigenvalue weighted by Crippen LogP contribution is 2.30. The second-order valence-corrected chi connectivity index (χ2v) is 7.20. The first-order valence-electron chi connectivity index (χ1n) is 9.55. The maximum Gasteiger partial charge on any atom is 0.123 e. The number of hydrogen-bond donors (Lipinski definition) is 0. The van der Waals surface area contributed by atoms with Gasteiger partial charge in [-0.15, -0.1) is 0 Å². The first kappa shape index (κ1) is 17.7. The van der Waals surface area contributed by atoms with Gasteiger partial charge < -0.3 is 0 Å². The van der Waals surface area contributed by atoms with E-state index in [1.165, 1.54) is 22.3 Å². The molecule has 0 unspecified atom stereocenters. The molecular weight excluding hydrogens is 333 g/mol. The Morgan fingerprint density at radius 3 is 2.04 bits per heavy atom. The van der Waals surface area contributed by atoms with Crippen molar-refractivity contribution in [2.75, 3.05) is 13.1 Å². The average Bonchev–Trinajstić information content (AvgIpc) is 2.71. The molecule has 0 saturated heterocycles. The number of rotatable bonds is 5. The van der Waals surface area contributed by atoms with E-state index in [0.717, 1.165) is 38.0 Å². The third-order valence-corrected chi connectivity index (χ3v) is 5.22. The second kappa shape index (κ2) is 8.32. The topological polar surface area (TPSA) is 3.24 Å². The van der Waals surface area contributed by atoms with Gasteiger partial charge in [0, 0.05) is 19.6 Å². The van der Waals surface area contributed by atoms with E-state index in [4.69, 9.17) is 0 Å². The Bertz CT molecular complexity index is 898. The summed E-state index contributed by atoms with van der Waals surface area (Å²) in [4.78, 5) is 2.51. The van der Waals surface area contributed by atoms with Crippen molar-refractivity contribution in [3.8, 4) is 0 Å². The van der Waals surface area contributed by atoms with Gasteiger partial charge in [0.25, 0.3) is 0 Å². The van der Waals surface area contributed by atoms with Crippen LogP contribution in [-0.2, 0) is 13.0 Å². The Labute approximate surface area is 160 Å². The maximum atomic E-state index is 13.4. The standard InChI is InChI=1S/C25H24FN/c26-24-13-11-22(12-14-24)25-15-16-27(18-21-9-5-2-6-10-21)19-23(25)17-20-7-3-1-4-8-20/h1-14H,15-19H2. The lowest BCUT2D eigenvalue weighted by molar-refractivity contribution is 0.284. The fourth-order valence-electron chi connectivity index (χ4n) is 3.87. The molecule has 0 spiro atoms. The van der Waals surface area contributed by atoms with Crippen LogP contribution in [0.5, 0.6) is 0 Å². The summed E-state index contributed by atoms with van der Waals surface area (Å²) in [5.41, 5.74) is 6.65. The van der Waals surface area contributed by atoms with Gasteiger partial charge >= 0.3 is 0 Å². The van der Waals surface area contributed by atoms with Crippen molar-refractivity contribution in [1.29, 1.82) is 0 Å². The predicted octanol–water partition coefficient (Wildman–Crippen LogP) is 5.73. The van der Waals surface area contributed by atoms with E-state index in [1.807, 2.05) is 12.1 Å². The third kappa shape index (κ3) is 4.53. The molecule has 0 atom stereocenters. The monoisotopic (exact) mass is 357 g/mol. The Balaban J connectivity index is 1.61. The molecule has 3 aromatic carbocycles. The van der Waals surface area contributed by atoms with E-state index in [0.29, 0.717) is 0 Å². The van der Waals surface area contributed by atoms with Crippen molar-refractivity contribution >= 4 is 5.57 Å². The van der Waals surface area contributed by atoms with Crippen LogP contribution in [0.2, 0.25) is 0 Å². The molecule has 0 amide bonds. The zero-order valence-electron chi connectivity index (χ0n) is 15.4. The molecule has 0 bridgehead atoms. The quantitative estimate of drug-likeness (QED) is 0.564. The van der Waals surface area contributed by atoms with Crippen LogP contribution in [0.4, 0.5) is 4.39 Å². The minimum Gasteiger partial charge on any atom is -0.295 e. The molecule has 1 heterocycles. The summed E-state index contributed by atoms with van der Waals surface area (Å²) in [5, 5.41) is 0. The molecule has 27 heavy (non-hydrogen) atoms. The summed E-state index contributed by atoms with van der Waals surface area (Å²) in [7, 11) is 0. The first-order valence-corrected chi connectivity index (χ1v) is 9.55. The smallest absolute Gasteiger partial charge is 0.123 e. The van der Waals surface area contributed by atoms with Gasteiger partial charge in [-0.3, -0.25) is 4.90 Å². The number of benzene rings is 3. The van der Waals surface area contributed by atoms with Crippen LogP contribution < -0.4 is 0 Å². The van der Waals surface area contributed by atoms with Gasteiger partial charge in [-0.25, -0.2) is 4.39 Å². The molecule has 1 nitrogen and oxygen atoms in total. The number of halogens is 1. The molecule has 0 saturated carbocycles. The minimum atomic E-state index is -0.175. The molecule has 4 rings (SSSR count). The van der Waals surface area contributed by atoms with E-state index in [2.05, 4.69) is 65.6 Å². The fraction of sp³-hybridized carbons (Fsp3) is 0.200. The summed E-state index contributed by atoms with van der Waals surface area (Å²) < 4.78 is 13.4. The Kier molecular flexibility index (Phi) is 5.45. The van der Waals surface area contributed by atoms with Crippen LogP contribution in [0.25, 0.3) is 5.57 Å². The van der Waals surface area contributed by atoms with Gasteiger partial charge in [0.2, 0.25) is 0 Å². The average molecular weight is 357 g/mol. The highest BCUT2D eigenvalue weighted by atomic mass is 19.1. The van der Waals surface area contributed by atoms with Crippen LogP contribution in [-0.4, -0.2) is 18.0 Å². The van der Waals surface area contributed by atoms with Gasteiger partial charge in [-0.05, 0) is 52.8 Å². The number of nitrogens with zero attached hydrogens (tertiary/aromatic N) is 1. The lowest BCUT2D eigenvalue weighted by Crippen LogP contribution is -2.31. The Morgan fingerprint density at radius 2 is 1.37 bits per heavy atom.